The van der Waals surface area contributed by atoms with E-state index < -0.39 is 0 Å². The summed E-state index contributed by atoms with van der Waals surface area (Å²) in [6, 6.07) is 7.35. The molecule has 0 bridgehead atoms. The molecular weight excluding hydrogens is 234 g/mol. The molecule has 2 saturated carbocycles. The largest absolute Gasteiger partial charge is 0.490 e. The van der Waals surface area contributed by atoms with Crippen LogP contribution in [0.3, 0.4) is 0 Å². The van der Waals surface area contributed by atoms with E-state index in [0.29, 0.717) is 22.1 Å². The number of hydrogen-bond acceptors (Lipinski definition) is 2. The zero-order valence-corrected chi connectivity index (χ0v) is 10.5. The van der Waals surface area contributed by atoms with Crippen molar-refractivity contribution in [2.24, 2.45) is 11.3 Å². The van der Waals surface area contributed by atoms with E-state index in [1.165, 1.54) is 12.8 Å². The highest BCUT2D eigenvalue weighted by molar-refractivity contribution is 6.31. The second-order valence-corrected chi connectivity index (χ2v) is 5.74. The molecule has 0 heterocycles. The van der Waals surface area contributed by atoms with Crippen molar-refractivity contribution in [2.45, 2.75) is 32.3 Å². The molecule has 1 aromatic rings. The molecule has 0 amide bonds. The Labute approximate surface area is 106 Å². The Bertz CT molecular complexity index is 507. The Morgan fingerprint density at radius 3 is 2.82 bits per heavy atom. The maximum absolute atomic E-state index is 8.80. The molecule has 0 N–H and O–H groups in total. The van der Waals surface area contributed by atoms with Gasteiger partial charge in [-0.2, -0.15) is 5.26 Å². The Kier molecular flexibility index (Phi) is 2.34. The van der Waals surface area contributed by atoms with E-state index in [4.69, 9.17) is 21.6 Å². The Morgan fingerprint density at radius 2 is 2.35 bits per heavy atom. The molecule has 3 rings (SSSR count). The van der Waals surface area contributed by atoms with Gasteiger partial charge in [-0.3, -0.25) is 0 Å². The van der Waals surface area contributed by atoms with Crippen molar-refractivity contribution >= 4 is 11.6 Å². The van der Waals surface area contributed by atoms with E-state index in [2.05, 4.69) is 13.0 Å². The number of nitrogens with zero attached hydrogens (tertiary/aromatic N) is 1. The number of rotatable bonds is 2. The molecule has 2 unspecified atom stereocenters. The van der Waals surface area contributed by atoms with Gasteiger partial charge in [-0.25, -0.2) is 0 Å². The molecule has 2 aliphatic carbocycles. The van der Waals surface area contributed by atoms with E-state index in [9.17, 15) is 0 Å². The van der Waals surface area contributed by atoms with Crippen molar-refractivity contribution in [3.63, 3.8) is 0 Å². The minimum Gasteiger partial charge on any atom is -0.490 e. The highest BCUT2D eigenvalue weighted by atomic mass is 35.5. The van der Waals surface area contributed by atoms with E-state index in [1.54, 1.807) is 12.1 Å². The highest BCUT2D eigenvalue weighted by Gasteiger charge is 2.58. The molecule has 2 nitrogen and oxygen atoms in total. The first-order valence-electron chi connectivity index (χ1n) is 6.00. The first-order valence-corrected chi connectivity index (χ1v) is 6.37. The van der Waals surface area contributed by atoms with Crippen molar-refractivity contribution in [3.05, 3.63) is 28.8 Å². The van der Waals surface area contributed by atoms with Crippen molar-refractivity contribution in [1.82, 2.24) is 0 Å². The number of benzene rings is 1. The first-order chi connectivity index (χ1) is 8.13. The summed E-state index contributed by atoms with van der Waals surface area (Å²) in [5.74, 6) is 1.65. The molecule has 2 fully saturated rings. The van der Waals surface area contributed by atoms with Crippen LogP contribution in [0.2, 0.25) is 5.02 Å². The number of nitriles is 1. The van der Waals surface area contributed by atoms with Gasteiger partial charge in [-0.1, -0.05) is 18.5 Å². The molecule has 0 aromatic heterocycles. The van der Waals surface area contributed by atoms with Crippen molar-refractivity contribution in [2.75, 3.05) is 0 Å². The van der Waals surface area contributed by atoms with Gasteiger partial charge in [0.2, 0.25) is 0 Å². The van der Waals surface area contributed by atoms with Gasteiger partial charge in [0.25, 0.3) is 0 Å². The average Bonchev–Trinajstić information content (AvgIpc) is 2.33. The highest BCUT2D eigenvalue weighted by Crippen LogP contribution is 2.61. The molecule has 0 radical (unpaired) electrons. The normalized spacial score (nSPS) is 33.9. The number of hydrogen-bond donors (Lipinski definition) is 0. The average molecular weight is 248 g/mol. The Hall–Kier alpha value is -1.20. The van der Waals surface area contributed by atoms with Crippen LogP contribution < -0.4 is 4.74 Å². The molecule has 88 valence electrons. The summed E-state index contributed by atoms with van der Waals surface area (Å²) in [4.78, 5) is 0. The third-order valence-corrected chi connectivity index (χ3v) is 4.85. The summed E-state index contributed by atoms with van der Waals surface area (Å²) in [5.41, 5.74) is 0.890. The molecule has 1 aromatic carbocycles. The minimum absolute atomic E-state index is 0.324. The van der Waals surface area contributed by atoms with Crippen LogP contribution in [0.15, 0.2) is 18.2 Å². The summed E-state index contributed by atoms with van der Waals surface area (Å²) in [5, 5.41) is 9.27. The predicted octanol–water partition coefficient (Wildman–Crippen LogP) is 3.78. The van der Waals surface area contributed by atoms with Gasteiger partial charge in [-0.15, -0.1) is 0 Å². The van der Waals surface area contributed by atoms with Gasteiger partial charge >= 0.3 is 0 Å². The predicted molar refractivity (Wildman–Crippen MR) is 66.0 cm³/mol. The smallest absolute Gasteiger partial charge is 0.121 e. The zero-order valence-electron chi connectivity index (χ0n) is 9.74. The quantitative estimate of drug-likeness (QED) is 0.797. The minimum atomic E-state index is 0.324. The fraction of sp³-hybridized carbons (Fsp3) is 0.500. The van der Waals surface area contributed by atoms with Gasteiger partial charge in [0, 0.05) is 11.5 Å². The van der Waals surface area contributed by atoms with Crippen LogP contribution in [0.25, 0.3) is 0 Å². The molecule has 17 heavy (non-hydrogen) atoms. The lowest BCUT2D eigenvalue weighted by Crippen LogP contribution is -2.60. The number of halogens is 1. The lowest BCUT2D eigenvalue weighted by Gasteiger charge is -2.61. The lowest BCUT2D eigenvalue weighted by molar-refractivity contribution is -0.163. The van der Waals surface area contributed by atoms with Crippen LogP contribution in [0.5, 0.6) is 5.75 Å². The zero-order chi connectivity index (χ0) is 12.0. The van der Waals surface area contributed by atoms with E-state index in [-0.39, 0.29) is 0 Å². The van der Waals surface area contributed by atoms with Crippen LogP contribution in [-0.2, 0) is 0 Å². The molecule has 0 saturated heterocycles. The third kappa shape index (κ3) is 1.53. The third-order valence-electron chi connectivity index (χ3n) is 4.54. The molecule has 3 atom stereocenters. The molecule has 3 heteroatoms. The Morgan fingerprint density at radius 1 is 1.53 bits per heavy atom. The van der Waals surface area contributed by atoms with E-state index in [1.807, 2.05) is 6.07 Å². The number of fused-ring (bicyclic) bond motifs is 1. The topological polar surface area (TPSA) is 33.0 Å². The summed E-state index contributed by atoms with van der Waals surface area (Å²) in [7, 11) is 0. The van der Waals surface area contributed by atoms with Gasteiger partial charge in [0.05, 0.1) is 10.6 Å². The van der Waals surface area contributed by atoms with Crippen LogP contribution >= 0.6 is 11.6 Å². The van der Waals surface area contributed by atoms with Crippen molar-refractivity contribution in [3.8, 4) is 11.8 Å². The van der Waals surface area contributed by atoms with Crippen LogP contribution in [0, 0.1) is 22.7 Å². The monoisotopic (exact) mass is 247 g/mol. The molecule has 0 spiro atoms. The summed E-state index contributed by atoms with van der Waals surface area (Å²) in [6.07, 6.45) is 4.11. The summed E-state index contributed by atoms with van der Waals surface area (Å²) < 4.78 is 5.97. The van der Waals surface area contributed by atoms with Crippen molar-refractivity contribution in [1.29, 1.82) is 5.26 Å². The second-order valence-electron chi connectivity index (χ2n) is 5.34. The number of ether oxygens (including phenoxy) is 1. The van der Waals surface area contributed by atoms with Gasteiger partial charge < -0.3 is 4.74 Å². The summed E-state index contributed by atoms with van der Waals surface area (Å²) >= 11 is 5.99. The van der Waals surface area contributed by atoms with E-state index >= 15 is 0 Å². The second kappa shape index (κ2) is 3.65. The molecule has 2 aliphatic rings. The van der Waals surface area contributed by atoms with E-state index in [0.717, 1.165) is 18.1 Å². The van der Waals surface area contributed by atoms with Crippen molar-refractivity contribution < 1.29 is 4.74 Å². The van der Waals surface area contributed by atoms with Crippen LogP contribution in [0.4, 0.5) is 0 Å². The Balaban J connectivity index is 1.74. The standard InChI is InChI=1S/C14H14ClNO/c1-14-5-4-10(14)6-13(14)17-11-3-2-9(8-16)12(15)7-11/h2-3,7,10,13H,4-6H2,1H3/t10?,13-,14?/m1/s1. The van der Waals surface area contributed by atoms with Crippen LogP contribution in [-0.4, -0.2) is 6.10 Å². The van der Waals surface area contributed by atoms with Gasteiger partial charge in [0.1, 0.15) is 17.9 Å². The maximum Gasteiger partial charge on any atom is 0.121 e. The summed E-state index contributed by atoms with van der Waals surface area (Å²) in [6.45, 7) is 2.31. The maximum atomic E-state index is 8.80. The van der Waals surface area contributed by atoms with Crippen LogP contribution in [0.1, 0.15) is 31.7 Å². The SMILES string of the molecule is CC12CCC1C[C@H]2Oc1ccc(C#N)c(Cl)c1. The molecular formula is C14H14ClNO. The van der Waals surface area contributed by atoms with Gasteiger partial charge in [-0.05, 0) is 37.3 Å². The lowest BCUT2D eigenvalue weighted by atomic mass is 9.47. The fourth-order valence-electron chi connectivity index (χ4n) is 2.99. The molecule has 0 aliphatic heterocycles. The van der Waals surface area contributed by atoms with Gasteiger partial charge in [0.15, 0.2) is 0 Å². The fourth-order valence-corrected chi connectivity index (χ4v) is 3.20. The first kappa shape index (κ1) is 10.9.